The molecule has 7 heteroatoms. The Morgan fingerprint density at radius 1 is 1.07 bits per heavy atom. The summed E-state index contributed by atoms with van der Waals surface area (Å²) in [5.74, 6) is -0.173. The predicted octanol–water partition coefficient (Wildman–Crippen LogP) is 5.33. The summed E-state index contributed by atoms with van der Waals surface area (Å²) in [7, 11) is 0. The molecule has 28 heavy (non-hydrogen) atoms. The smallest absolute Gasteiger partial charge is 0.408 e. The van der Waals surface area contributed by atoms with Crippen LogP contribution in [0.2, 0.25) is 0 Å². The van der Waals surface area contributed by atoms with Gasteiger partial charge in [0.15, 0.2) is 0 Å². The molecule has 0 aromatic heterocycles. The maximum Gasteiger partial charge on any atom is 0.408 e. The molecule has 2 aromatic rings. The van der Waals surface area contributed by atoms with Crippen LogP contribution >= 0.6 is 27.7 Å². The minimum atomic E-state index is -1.08. The molecule has 0 spiro atoms. The molecule has 2 N–H and O–H groups in total. The van der Waals surface area contributed by atoms with Gasteiger partial charge in [0.2, 0.25) is 0 Å². The molecule has 0 bridgehead atoms. The first-order valence-corrected chi connectivity index (χ1v) is 10.7. The van der Waals surface area contributed by atoms with Crippen LogP contribution in [0.3, 0.4) is 0 Å². The lowest BCUT2D eigenvalue weighted by molar-refractivity contribution is -0.138. The van der Waals surface area contributed by atoms with Crippen molar-refractivity contribution in [1.29, 1.82) is 0 Å². The number of alkyl carbamates (subject to hydrolysis) is 1. The number of benzene rings is 2. The Kier molecular flexibility index (Phi) is 7.95. The largest absolute Gasteiger partial charge is 0.480 e. The Morgan fingerprint density at radius 2 is 1.61 bits per heavy atom. The highest BCUT2D eigenvalue weighted by molar-refractivity contribution is 9.10. The first-order valence-electron chi connectivity index (χ1n) is 8.79. The van der Waals surface area contributed by atoms with Gasteiger partial charge in [-0.2, -0.15) is 11.8 Å². The van der Waals surface area contributed by atoms with E-state index in [1.54, 1.807) is 20.8 Å². The molecule has 2 rings (SSSR count). The quantitative estimate of drug-likeness (QED) is 0.577. The van der Waals surface area contributed by atoms with Crippen molar-refractivity contribution in [3.05, 3.63) is 58.6 Å². The highest BCUT2D eigenvalue weighted by atomic mass is 79.9. The van der Waals surface area contributed by atoms with E-state index in [1.165, 1.54) is 11.8 Å². The minimum absolute atomic E-state index is 0.253. The van der Waals surface area contributed by atoms with Gasteiger partial charge in [0, 0.05) is 16.0 Å². The predicted molar refractivity (Wildman–Crippen MR) is 117 cm³/mol. The topological polar surface area (TPSA) is 75.6 Å². The number of amides is 1. The van der Waals surface area contributed by atoms with Crippen LogP contribution in [0.5, 0.6) is 0 Å². The average molecular weight is 466 g/mol. The molecule has 0 heterocycles. The van der Waals surface area contributed by atoms with E-state index in [1.807, 2.05) is 48.5 Å². The summed E-state index contributed by atoms with van der Waals surface area (Å²) in [6.07, 6.45) is -0.723. The summed E-state index contributed by atoms with van der Waals surface area (Å²) in [4.78, 5) is 23.2. The fourth-order valence-corrected chi connectivity index (χ4v) is 3.63. The van der Waals surface area contributed by atoms with Crippen LogP contribution in [0, 0.1) is 0 Å². The molecular weight excluding hydrogens is 442 g/mol. The Balaban J connectivity index is 1.87. The Bertz CT molecular complexity index is 801. The second kappa shape index (κ2) is 9.98. The maximum absolute atomic E-state index is 11.8. The molecule has 0 saturated carbocycles. The third-order valence-electron chi connectivity index (χ3n) is 3.67. The van der Waals surface area contributed by atoms with Crippen molar-refractivity contribution in [2.45, 2.75) is 38.2 Å². The lowest BCUT2D eigenvalue weighted by atomic mass is 10.0. The number of ether oxygens (including phenoxy) is 1. The van der Waals surface area contributed by atoms with Gasteiger partial charge in [-0.3, -0.25) is 0 Å². The molecule has 0 aliphatic carbocycles. The van der Waals surface area contributed by atoms with Crippen molar-refractivity contribution in [3.8, 4) is 11.1 Å². The standard InChI is InChI=1S/C21H24BrNO4S/c1-21(2,3)27-20(26)23-18(19(24)25)13-28-12-14-4-6-15(7-5-14)16-8-10-17(22)11-9-16/h4-11,18H,12-13H2,1-3H3,(H,23,26)(H,24,25). The molecule has 0 radical (unpaired) electrons. The summed E-state index contributed by atoms with van der Waals surface area (Å²) < 4.78 is 6.16. The summed E-state index contributed by atoms with van der Waals surface area (Å²) in [5.41, 5.74) is 2.68. The second-order valence-electron chi connectivity index (χ2n) is 7.26. The fourth-order valence-electron chi connectivity index (χ4n) is 2.35. The molecule has 5 nitrogen and oxygen atoms in total. The van der Waals surface area contributed by atoms with E-state index in [9.17, 15) is 14.7 Å². The van der Waals surface area contributed by atoms with Gasteiger partial charge >= 0.3 is 12.1 Å². The van der Waals surface area contributed by atoms with Crippen molar-refractivity contribution in [3.63, 3.8) is 0 Å². The van der Waals surface area contributed by atoms with E-state index < -0.39 is 23.7 Å². The number of nitrogens with one attached hydrogen (secondary N) is 1. The van der Waals surface area contributed by atoms with Crippen molar-refractivity contribution in [2.24, 2.45) is 0 Å². The van der Waals surface area contributed by atoms with Crippen LogP contribution in [-0.4, -0.2) is 34.6 Å². The van der Waals surface area contributed by atoms with E-state index in [2.05, 4.69) is 21.2 Å². The number of halogens is 1. The van der Waals surface area contributed by atoms with Gasteiger partial charge in [-0.05, 0) is 49.6 Å². The monoisotopic (exact) mass is 465 g/mol. The summed E-state index contributed by atoms with van der Waals surface area (Å²) in [6.45, 7) is 5.19. The third kappa shape index (κ3) is 7.56. The average Bonchev–Trinajstić information content (AvgIpc) is 2.60. The van der Waals surface area contributed by atoms with Crippen molar-refractivity contribution < 1.29 is 19.4 Å². The number of carbonyl (C=O) groups is 2. The number of carbonyl (C=O) groups excluding carboxylic acids is 1. The Morgan fingerprint density at radius 3 is 2.11 bits per heavy atom. The van der Waals surface area contributed by atoms with Gasteiger partial charge in [0.25, 0.3) is 0 Å². The third-order valence-corrected chi connectivity index (χ3v) is 5.31. The van der Waals surface area contributed by atoms with Crippen molar-refractivity contribution in [2.75, 3.05) is 5.75 Å². The molecule has 0 fully saturated rings. The molecule has 1 atom stereocenters. The van der Waals surface area contributed by atoms with Crippen LogP contribution in [0.1, 0.15) is 26.3 Å². The number of hydrogen-bond donors (Lipinski definition) is 2. The van der Waals surface area contributed by atoms with Gasteiger partial charge in [0.05, 0.1) is 0 Å². The lowest BCUT2D eigenvalue weighted by Gasteiger charge is -2.21. The molecule has 0 aliphatic heterocycles. The highest BCUT2D eigenvalue weighted by Gasteiger charge is 2.23. The molecule has 150 valence electrons. The Hall–Kier alpha value is -1.99. The first-order chi connectivity index (χ1) is 13.1. The number of hydrogen-bond acceptors (Lipinski definition) is 4. The number of carboxylic acids is 1. The summed E-state index contributed by atoms with van der Waals surface area (Å²) in [5, 5.41) is 11.7. The van der Waals surface area contributed by atoms with E-state index >= 15 is 0 Å². The van der Waals surface area contributed by atoms with Gasteiger partial charge in [0.1, 0.15) is 11.6 Å². The molecule has 0 saturated heterocycles. The van der Waals surface area contributed by atoms with Crippen LogP contribution < -0.4 is 5.32 Å². The zero-order valence-corrected chi connectivity index (χ0v) is 18.5. The number of rotatable bonds is 7. The first kappa shape index (κ1) is 22.3. The van der Waals surface area contributed by atoms with Crippen molar-refractivity contribution >= 4 is 39.8 Å². The van der Waals surface area contributed by atoms with E-state index in [0.29, 0.717) is 5.75 Å². The lowest BCUT2D eigenvalue weighted by Crippen LogP contribution is -2.44. The number of carboxylic acid groups (broad SMARTS) is 1. The molecular formula is C21H24BrNO4S. The molecule has 1 unspecified atom stereocenters. The zero-order valence-electron chi connectivity index (χ0n) is 16.1. The minimum Gasteiger partial charge on any atom is -0.480 e. The van der Waals surface area contributed by atoms with E-state index in [4.69, 9.17) is 4.74 Å². The molecule has 1 amide bonds. The SMILES string of the molecule is CC(C)(C)OC(=O)NC(CSCc1ccc(-c2ccc(Br)cc2)cc1)C(=O)O. The normalized spacial score (nSPS) is 12.3. The zero-order chi connectivity index (χ0) is 20.7. The highest BCUT2D eigenvalue weighted by Crippen LogP contribution is 2.23. The number of aliphatic carboxylic acids is 1. The van der Waals surface area contributed by atoms with Gasteiger partial charge in [-0.15, -0.1) is 0 Å². The van der Waals surface area contributed by atoms with Gasteiger partial charge in [-0.25, -0.2) is 9.59 Å². The summed E-state index contributed by atoms with van der Waals surface area (Å²) >= 11 is 4.88. The van der Waals surface area contributed by atoms with E-state index in [-0.39, 0.29) is 5.75 Å². The van der Waals surface area contributed by atoms with Crippen LogP contribution in [0.4, 0.5) is 4.79 Å². The summed E-state index contributed by atoms with van der Waals surface area (Å²) in [6, 6.07) is 15.3. The van der Waals surface area contributed by atoms with Crippen molar-refractivity contribution in [1.82, 2.24) is 5.32 Å². The fraction of sp³-hybridized carbons (Fsp3) is 0.333. The van der Waals surface area contributed by atoms with Gasteiger partial charge < -0.3 is 15.2 Å². The number of thioether (sulfide) groups is 1. The maximum atomic E-state index is 11.8. The van der Waals surface area contributed by atoms with Crippen LogP contribution in [0.25, 0.3) is 11.1 Å². The van der Waals surface area contributed by atoms with Gasteiger partial charge in [-0.1, -0.05) is 52.3 Å². The van der Waals surface area contributed by atoms with Crippen LogP contribution in [0.15, 0.2) is 53.0 Å². The second-order valence-corrected chi connectivity index (χ2v) is 9.20. The molecule has 2 aromatic carbocycles. The van der Waals surface area contributed by atoms with E-state index in [0.717, 1.165) is 21.2 Å². The molecule has 0 aliphatic rings. The Labute approximate surface area is 178 Å². The van der Waals surface area contributed by atoms with Crippen LogP contribution in [-0.2, 0) is 15.3 Å².